The number of rotatable bonds is 2. The fraction of sp³-hybridized carbons (Fsp3) is 0.278. The van der Waals surface area contributed by atoms with Gasteiger partial charge in [0.1, 0.15) is 0 Å². The Bertz CT molecular complexity index is 805. The third-order valence-corrected chi connectivity index (χ3v) is 3.84. The number of benzene rings is 2. The van der Waals surface area contributed by atoms with Gasteiger partial charge in [0, 0.05) is 5.69 Å². The van der Waals surface area contributed by atoms with Crippen molar-refractivity contribution < 1.29 is 0 Å². The molecule has 0 unspecified atom stereocenters. The van der Waals surface area contributed by atoms with Crippen LogP contribution >= 0.6 is 0 Å². The molecule has 0 saturated heterocycles. The molecule has 21 heavy (non-hydrogen) atoms. The van der Waals surface area contributed by atoms with Crippen molar-refractivity contribution in [1.29, 1.82) is 0 Å². The van der Waals surface area contributed by atoms with Gasteiger partial charge in [-0.1, -0.05) is 23.8 Å². The third-order valence-electron chi connectivity index (χ3n) is 3.84. The maximum Gasteiger partial charge on any atom is 0.205 e. The van der Waals surface area contributed by atoms with E-state index in [1.54, 1.807) is 0 Å². The molecule has 0 fully saturated rings. The Morgan fingerprint density at radius 2 is 1.38 bits per heavy atom. The molecule has 0 aliphatic heterocycles. The fourth-order valence-corrected chi connectivity index (χ4v) is 3.03. The lowest BCUT2D eigenvalue weighted by Crippen LogP contribution is -1.98. The Morgan fingerprint density at radius 1 is 0.810 bits per heavy atom. The molecule has 0 spiro atoms. The SMILES string of the molecule is Cc1cc(C)c(Nc2nc3c(C)cc(C)cc3[nH]2)c(C)c1. The molecular weight excluding hydrogens is 258 g/mol. The van der Waals surface area contributed by atoms with Crippen molar-refractivity contribution in [2.45, 2.75) is 34.6 Å². The van der Waals surface area contributed by atoms with Gasteiger partial charge in [-0.25, -0.2) is 4.98 Å². The second-order valence-corrected chi connectivity index (χ2v) is 5.96. The first-order valence-electron chi connectivity index (χ1n) is 7.26. The van der Waals surface area contributed by atoms with Crippen LogP contribution in [0, 0.1) is 34.6 Å². The van der Waals surface area contributed by atoms with Gasteiger partial charge in [-0.05, 0) is 62.9 Å². The number of hydrogen-bond donors (Lipinski definition) is 2. The molecule has 0 amide bonds. The molecule has 3 rings (SSSR count). The van der Waals surface area contributed by atoms with Crippen molar-refractivity contribution in [3.8, 4) is 0 Å². The molecule has 0 atom stereocenters. The molecule has 3 nitrogen and oxygen atoms in total. The van der Waals surface area contributed by atoms with Crippen LogP contribution < -0.4 is 5.32 Å². The molecule has 0 bridgehead atoms. The van der Waals surface area contributed by atoms with E-state index in [1.165, 1.54) is 27.8 Å². The number of anilines is 2. The van der Waals surface area contributed by atoms with E-state index in [0.717, 1.165) is 22.7 Å². The maximum atomic E-state index is 4.69. The Hall–Kier alpha value is -2.29. The molecule has 1 aromatic heterocycles. The lowest BCUT2D eigenvalue weighted by Gasteiger charge is -2.11. The van der Waals surface area contributed by atoms with Gasteiger partial charge >= 0.3 is 0 Å². The lowest BCUT2D eigenvalue weighted by molar-refractivity contribution is 1.25. The molecule has 0 saturated carbocycles. The molecule has 3 heteroatoms. The quantitative estimate of drug-likeness (QED) is 0.704. The number of imidazole rings is 1. The van der Waals surface area contributed by atoms with Crippen LogP contribution in [-0.2, 0) is 0 Å². The number of aromatic nitrogens is 2. The van der Waals surface area contributed by atoms with E-state index in [0.29, 0.717) is 0 Å². The highest BCUT2D eigenvalue weighted by atomic mass is 15.1. The summed E-state index contributed by atoms with van der Waals surface area (Å²) in [7, 11) is 0. The number of aromatic amines is 1. The second-order valence-electron chi connectivity index (χ2n) is 5.96. The molecule has 2 aromatic carbocycles. The summed E-state index contributed by atoms with van der Waals surface area (Å²) in [5, 5.41) is 3.44. The van der Waals surface area contributed by atoms with Gasteiger partial charge in [-0.3, -0.25) is 0 Å². The summed E-state index contributed by atoms with van der Waals surface area (Å²) in [6, 6.07) is 8.67. The van der Waals surface area contributed by atoms with Crippen LogP contribution in [0.1, 0.15) is 27.8 Å². The molecule has 0 radical (unpaired) electrons. The van der Waals surface area contributed by atoms with E-state index >= 15 is 0 Å². The number of nitrogens with zero attached hydrogens (tertiary/aromatic N) is 1. The average molecular weight is 279 g/mol. The van der Waals surface area contributed by atoms with Crippen LogP contribution in [0.2, 0.25) is 0 Å². The molecule has 108 valence electrons. The van der Waals surface area contributed by atoms with Crippen LogP contribution in [-0.4, -0.2) is 9.97 Å². The Morgan fingerprint density at radius 3 is 2.05 bits per heavy atom. The zero-order chi connectivity index (χ0) is 15.1. The summed E-state index contributed by atoms with van der Waals surface area (Å²) in [4.78, 5) is 8.06. The highest BCUT2D eigenvalue weighted by molar-refractivity contribution is 5.82. The van der Waals surface area contributed by atoms with Crippen molar-refractivity contribution in [1.82, 2.24) is 9.97 Å². The minimum Gasteiger partial charge on any atom is -0.325 e. The molecule has 0 aliphatic rings. The Labute approximate surface area is 125 Å². The van der Waals surface area contributed by atoms with Crippen LogP contribution in [0.25, 0.3) is 11.0 Å². The van der Waals surface area contributed by atoms with Crippen molar-refractivity contribution in [2.24, 2.45) is 0 Å². The van der Waals surface area contributed by atoms with Gasteiger partial charge in [0.2, 0.25) is 5.95 Å². The van der Waals surface area contributed by atoms with E-state index in [4.69, 9.17) is 0 Å². The minimum atomic E-state index is 0.800. The molecule has 3 aromatic rings. The first-order chi connectivity index (χ1) is 9.94. The highest BCUT2D eigenvalue weighted by Gasteiger charge is 2.09. The Balaban J connectivity index is 2.05. The summed E-state index contributed by atoms with van der Waals surface area (Å²) < 4.78 is 0. The van der Waals surface area contributed by atoms with Gasteiger partial charge < -0.3 is 10.3 Å². The number of nitrogens with one attached hydrogen (secondary N) is 2. The average Bonchev–Trinajstić information content (AvgIpc) is 2.76. The largest absolute Gasteiger partial charge is 0.325 e. The van der Waals surface area contributed by atoms with Crippen molar-refractivity contribution >= 4 is 22.7 Å². The van der Waals surface area contributed by atoms with Crippen LogP contribution in [0.3, 0.4) is 0 Å². The van der Waals surface area contributed by atoms with E-state index in [2.05, 4.69) is 74.2 Å². The second kappa shape index (κ2) is 4.92. The van der Waals surface area contributed by atoms with Crippen molar-refractivity contribution in [3.05, 3.63) is 52.1 Å². The van der Waals surface area contributed by atoms with E-state index < -0.39 is 0 Å². The predicted molar refractivity (Wildman–Crippen MR) is 89.5 cm³/mol. The van der Waals surface area contributed by atoms with Crippen LogP contribution in [0.15, 0.2) is 24.3 Å². The predicted octanol–water partition coefficient (Wildman–Crippen LogP) is 4.85. The van der Waals surface area contributed by atoms with Gasteiger partial charge in [-0.15, -0.1) is 0 Å². The smallest absolute Gasteiger partial charge is 0.205 e. The van der Waals surface area contributed by atoms with Gasteiger partial charge in [-0.2, -0.15) is 0 Å². The zero-order valence-electron chi connectivity index (χ0n) is 13.3. The number of hydrogen-bond acceptors (Lipinski definition) is 2. The zero-order valence-corrected chi connectivity index (χ0v) is 13.3. The minimum absolute atomic E-state index is 0.800. The standard InChI is InChI=1S/C18H21N3/c1-10-6-12(3)16(13(4)7-10)20-18-19-15-9-11(2)8-14(5)17(15)21-18/h6-9H,1-5H3,(H2,19,20,21). The first kappa shape index (κ1) is 13.7. The summed E-state index contributed by atoms with van der Waals surface area (Å²) in [5.41, 5.74) is 9.45. The topological polar surface area (TPSA) is 40.7 Å². The van der Waals surface area contributed by atoms with E-state index in [1.807, 2.05) is 0 Å². The molecular formula is C18H21N3. The van der Waals surface area contributed by atoms with Gasteiger partial charge in [0.15, 0.2) is 0 Å². The number of H-pyrrole nitrogens is 1. The fourth-order valence-electron chi connectivity index (χ4n) is 3.03. The monoisotopic (exact) mass is 279 g/mol. The maximum absolute atomic E-state index is 4.69. The summed E-state index contributed by atoms with van der Waals surface area (Å²) in [6.45, 7) is 10.6. The molecule has 0 aliphatic carbocycles. The summed E-state index contributed by atoms with van der Waals surface area (Å²) in [5.74, 6) is 0.800. The van der Waals surface area contributed by atoms with E-state index in [-0.39, 0.29) is 0 Å². The Kier molecular flexibility index (Phi) is 3.20. The first-order valence-corrected chi connectivity index (χ1v) is 7.26. The molecule has 2 N–H and O–H groups in total. The van der Waals surface area contributed by atoms with Crippen LogP contribution in [0.5, 0.6) is 0 Å². The van der Waals surface area contributed by atoms with E-state index in [9.17, 15) is 0 Å². The summed E-state index contributed by atoms with van der Waals surface area (Å²) in [6.07, 6.45) is 0. The van der Waals surface area contributed by atoms with Crippen molar-refractivity contribution in [2.75, 3.05) is 5.32 Å². The number of aryl methyl sites for hydroxylation is 5. The van der Waals surface area contributed by atoms with Crippen LogP contribution in [0.4, 0.5) is 11.6 Å². The lowest BCUT2D eigenvalue weighted by atomic mass is 10.1. The molecule has 1 heterocycles. The van der Waals surface area contributed by atoms with Crippen molar-refractivity contribution in [3.63, 3.8) is 0 Å². The highest BCUT2D eigenvalue weighted by Crippen LogP contribution is 2.27. The van der Waals surface area contributed by atoms with Gasteiger partial charge in [0.05, 0.1) is 11.0 Å². The number of fused-ring (bicyclic) bond motifs is 1. The van der Waals surface area contributed by atoms with Gasteiger partial charge in [0.25, 0.3) is 0 Å². The summed E-state index contributed by atoms with van der Waals surface area (Å²) >= 11 is 0. The third kappa shape index (κ3) is 2.51. The normalized spacial score (nSPS) is 11.1.